The highest BCUT2D eigenvalue weighted by molar-refractivity contribution is 5.91. The van der Waals surface area contributed by atoms with Crippen LogP contribution in [0.25, 0.3) is 10.8 Å². The van der Waals surface area contributed by atoms with Crippen molar-refractivity contribution in [2.24, 2.45) is 10.2 Å². The van der Waals surface area contributed by atoms with Crippen molar-refractivity contribution in [1.82, 2.24) is 0 Å². The molecule has 0 saturated heterocycles. The van der Waals surface area contributed by atoms with E-state index in [9.17, 15) is 4.79 Å². The second-order valence-corrected chi connectivity index (χ2v) is 8.50. The van der Waals surface area contributed by atoms with Crippen LogP contribution in [0.1, 0.15) is 48.5 Å². The SMILES string of the molecule is CCCCCCOc1ccc(C(=O)Oc2ccc(N=Nc3ccc4ccccc4c3)cc2C)cc1. The van der Waals surface area contributed by atoms with Crippen molar-refractivity contribution in [2.75, 3.05) is 6.61 Å². The molecule has 0 aliphatic heterocycles. The summed E-state index contributed by atoms with van der Waals surface area (Å²) in [7, 11) is 0. The molecule has 0 atom stereocenters. The van der Waals surface area contributed by atoms with E-state index in [0.717, 1.165) is 34.2 Å². The van der Waals surface area contributed by atoms with Gasteiger partial charge in [-0.25, -0.2) is 4.79 Å². The molecule has 0 fully saturated rings. The Bertz CT molecular complexity index is 1310. The van der Waals surface area contributed by atoms with E-state index in [0.29, 0.717) is 23.6 Å². The van der Waals surface area contributed by atoms with Gasteiger partial charge >= 0.3 is 5.97 Å². The van der Waals surface area contributed by atoms with Crippen LogP contribution in [0.5, 0.6) is 11.5 Å². The van der Waals surface area contributed by atoms with Gasteiger partial charge in [0.25, 0.3) is 0 Å². The van der Waals surface area contributed by atoms with Gasteiger partial charge in [0.1, 0.15) is 11.5 Å². The summed E-state index contributed by atoms with van der Waals surface area (Å²) < 4.78 is 11.4. The minimum atomic E-state index is -0.409. The third-order valence-electron chi connectivity index (χ3n) is 5.73. The highest BCUT2D eigenvalue weighted by Crippen LogP contribution is 2.27. The number of hydrogen-bond donors (Lipinski definition) is 0. The van der Waals surface area contributed by atoms with Crippen LogP contribution in [0, 0.1) is 6.92 Å². The maximum absolute atomic E-state index is 12.6. The van der Waals surface area contributed by atoms with Gasteiger partial charge in [-0.3, -0.25) is 0 Å². The van der Waals surface area contributed by atoms with Crippen LogP contribution in [0.3, 0.4) is 0 Å². The fraction of sp³-hybridized carbons (Fsp3) is 0.233. The molecule has 0 unspecified atom stereocenters. The van der Waals surface area contributed by atoms with E-state index in [1.54, 1.807) is 36.4 Å². The first-order chi connectivity index (χ1) is 17.1. The summed E-state index contributed by atoms with van der Waals surface area (Å²) in [5.74, 6) is 0.847. The monoisotopic (exact) mass is 466 g/mol. The van der Waals surface area contributed by atoms with Crippen molar-refractivity contribution in [2.45, 2.75) is 39.5 Å². The third-order valence-corrected chi connectivity index (χ3v) is 5.73. The predicted octanol–water partition coefficient (Wildman–Crippen LogP) is 8.74. The molecule has 4 rings (SSSR count). The predicted molar refractivity (Wildman–Crippen MR) is 140 cm³/mol. The number of hydrogen-bond acceptors (Lipinski definition) is 5. The number of carbonyl (C=O) groups excluding carboxylic acids is 1. The number of esters is 1. The Morgan fingerprint density at radius 1 is 0.771 bits per heavy atom. The highest BCUT2D eigenvalue weighted by atomic mass is 16.5. The summed E-state index contributed by atoms with van der Waals surface area (Å²) in [6.45, 7) is 4.76. The number of ether oxygens (including phenoxy) is 2. The number of benzene rings is 4. The van der Waals surface area contributed by atoms with Crippen molar-refractivity contribution in [3.8, 4) is 11.5 Å². The van der Waals surface area contributed by atoms with Crippen molar-refractivity contribution in [1.29, 1.82) is 0 Å². The fourth-order valence-electron chi connectivity index (χ4n) is 3.73. The first-order valence-corrected chi connectivity index (χ1v) is 12.1. The quantitative estimate of drug-likeness (QED) is 0.102. The van der Waals surface area contributed by atoms with E-state index in [1.165, 1.54) is 19.3 Å². The molecule has 35 heavy (non-hydrogen) atoms. The van der Waals surface area contributed by atoms with Crippen LogP contribution in [-0.4, -0.2) is 12.6 Å². The topological polar surface area (TPSA) is 60.2 Å². The van der Waals surface area contributed by atoms with Crippen molar-refractivity contribution < 1.29 is 14.3 Å². The number of fused-ring (bicyclic) bond motifs is 1. The molecule has 0 aliphatic rings. The summed E-state index contributed by atoms with van der Waals surface area (Å²) in [6, 6.07) is 26.6. The second kappa shape index (κ2) is 11.9. The molecule has 0 spiro atoms. The van der Waals surface area contributed by atoms with E-state index in [2.05, 4.69) is 29.3 Å². The Labute approximate surface area is 206 Å². The van der Waals surface area contributed by atoms with Crippen LogP contribution in [0.4, 0.5) is 11.4 Å². The van der Waals surface area contributed by atoms with Gasteiger partial charge < -0.3 is 9.47 Å². The van der Waals surface area contributed by atoms with Gasteiger partial charge in [0.2, 0.25) is 0 Å². The normalized spacial score (nSPS) is 11.1. The van der Waals surface area contributed by atoms with E-state index in [-0.39, 0.29) is 0 Å². The molecule has 0 heterocycles. The molecule has 0 saturated carbocycles. The van der Waals surface area contributed by atoms with Crippen molar-refractivity contribution in [3.05, 3.63) is 96.1 Å². The van der Waals surface area contributed by atoms with E-state index >= 15 is 0 Å². The first-order valence-electron chi connectivity index (χ1n) is 12.1. The van der Waals surface area contributed by atoms with Crippen LogP contribution < -0.4 is 9.47 Å². The van der Waals surface area contributed by atoms with Gasteiger partial charge in [-0.15, -0.1) is 0 Å². The summed E-state index contributed by atoms with van der Waals surface area (Å²) >= 11 is 0. The molecular formula is C30H30N2O3. The number of unbranched alkanes of at least 4 members (excludes halogenated alkanes) is 3. The third kappa shape index (κ3) is 6.76. The molecule has 0 aromatic heterocycles. The minimum Gasteiger partial charge on any atom is -0.494 e. The molecular weight excluding hydrogens is 436 g/mol. The first kappa shape index (κ1) is 24.1. The van der Waals surface area contributed by atoms with Gasteiger partial charge in [-0.2, -0.15) is 10.2 Å². The lowest BCUT2D eigenvalue weighted by atomic mass is 10.1. The van der Waals surface area contributed by atoms with E-state index < -0.39 is 5.97 Å². The van der Waals surface area contributed by atoms with Gasteiger partial charge in [0.05, 0.1) is 23.5 Å². The summed E-state index contributed by atoms with van der Waals surface area (Å²) in [5, 5.41) is 11.0. The lowest BCUT2D eigenvalue weighted by molar-refractivity contribution is 0.0733. The molecule has 178 valence electrons. The van der Waals surface area contributed by atoms with Crippen molar-refractivity contribution >= 4 is 28.1 Å². The lowest BCUT2D eigenvalue weighted by Crippen LogP contribution is -2.09. The minimum absolute atomic E-state index is 0.409. The van der Waals surface area contributed by atoms with Gasteiger partial charge in [-0.05, 0) is 84.3 Å². The number of nitrogens with zero attached hydrogens (tertiary/aromatic N) is 2. The Morgan fingerprint density at radius 2 is 1.49 bits per heavy atom. The molecule has 0 radical (unpaired) electrons. The molecule has 0 amide bonds. The molecule has 5 heteroatoms. The summed E-state index contributed by atoms with van der Waals surface area (Å²) in [5.41, 5.74) is 2.75. The van der Waals surface area contributed by atoms with E-state index in [4.69, 9.17) is 9.47 Å². The van der Waals surface area contributed by atoms with Crippen LogP contribution in [0.15, 0.2) is 95.2 Å². The molecule has 4 aromatic rings. The van der Waals surface area contributed by atoms with Gasteiger partial charge in [0.15, 0.2) is 0 Å². The number of azo groups is 1. The molecule has 5 nitrogen and oxygen atoms in total. The number of aryl methyl sites for hydroxylation is 1. The number of rotatable bonds is 10. The van der Waals surface area contributed by atoms with E-state index in [1.807, 2.05) is 43.3 Å². The zero-order valence-corrected chi connectivity index (χ0v) is 20.2. The largest absolute Gasteiger partial charge is 0.494 e. The Balaban J connectivity index is 1.35. The Kier molecular flexibility index (Phi) is 8.23. The van der Waals surface area contributed by atoms with Crippen LogP contribution >= 0.6 is 0 Å². The van der Waals surface area contributed by atoms with Crippen molar-refractivity contribution in [3.63, 3.8) is 0 Å². The highest BCUT2D eigenvalue weighted by Gasteiger charge is 2.11. The van der Waals surface area contributed by atoms with Gasteiger partial charge in [0, 0.05) is 0 Å². The van der Waals surface area contributed by atoms with Crippen LogP contribution in [-0.2, 0) is 0 Å². The maximum Gasteiger partial charge on any atom is 0.343 e. The molecule has 4 aromatic carbocycles. The summed E-state index contributed by atoms with van der Waals surface area (Å²) in [4.78, 5) is 12.6. The van der Waals surface area contributed by atoms with Gasteiger partial charge in [-0.1, -0.05) is 56.5 Å². The lowest BCUT2D eigenvalue weighted by Gasteiger charge is -2.09. The molecule has 0 bridgehead atoms. The zero-order chi connectivity index (χ0) is 24.5. The summed E-state index contributed by atoms with van der Waals surface area (Å²) in [6.07, 6.45) is 4.63. The molecule has 0 N–H and O–H groups in total. The average Bonchev–Trinajstić information content (AvgIpc) is 2.89. The Morgan fingerprint density at radius 3 is 2.23 bits per heavy atom. The smallest absolute Gasteiger partial charge is 0.343 e. The Hall–Kier alpha value is -3.99. The van der Waals surface area contributed by atoms with Crippen LogP contribution in [0.2, 0.25) is 0 Å². The second-order valence-electron chi connectivity index (χ2n) is 8.50. The average molecular weight is 467 g/mol. The fourth-order valence-corrected chi connectivity index (χ4v) is 3.73. The zero-order valence-electron chi connectivity index (χ0n) is 20.2. The number of carbonyl (C=O) groups is 1. The molecule has 0 aliphatic carbocycles. The maximum atomic E-state index is 12.6. The standard InChI is InChI=1S/C30H30N2O3/c1-3-4-5-8-19-34-28-16-12-24(13-17-28)30(33)35-29-18-15-26(20-22(29)2)31-32-27-14-11-23-9-6-7-10-25(23)21-27/h6-7,9-18,20-21H,3-5,8,19H2,1-2H3.